The van der Waals surface area contributed by atoms with Gasteiger partial charge in [0.1, 0.15) is 0 Å². The number of carbonyl (C=O) groups is 2. The van der Waals surface area contributed by atoms with Crippen molar-refractivity contribution in [1.82, 2.24) is 5.32 Å². The van der Waals surface area contributed by atoms with E-state index in [0.29, 0.717) is 6.41 Å². The molecule has 52 valence electrons. The van der Waals surface area contributed by atoms with E-state index in [1.54, 1.807) is 20.8 Å². The highest BCUT2D eigenvalue weighted by atomic mass is 16.2. The van der Waals surface area contributed by atoms with E-state index < -0.39 is 5.41 Å². The maximum absolute atomic E-state index is 10.7. The minimum atomic E-state index is -0.471. The number of hydrogen-bond donors (Lipinski definition) is 1. The second kappa shape index (κ2) is 2.62. The van der Waals surface area contributed by atoms with Gasteiger partial charge in [-0.25, -0.2) is 0 Å². The molecule has 9 heavy (non-hydrogen) atoms. The standard InChI is InChI=1S/C6H11NO2/c1-6(2,3)5(9)7-4-8/h4H,1-3H3,(H,7,8,9). The summed E-state index contributed by atoms with van der Waals surface area (Å²) in [7, 11) is 0. The molecule has 0 saturated heterocycles. The number of carbonyl (C=O) groups excluding carboxylic acids is 2. The van der Waals surface area contributed by atoms with E-state index in [2.05, 4.69) is 5.32 Å². The highest BCUT2D eigenvalue weighted by Gasteiger charge is 2.19. The summed E-state index contributed by atoms with van der Waals surface area (Å²) in [6.07, 6.45) is 0.396. The van der Waals surface area contributed by atoms with Gasteiger partial charge in [0.2, 0.25) is 12.3 Å². The van der Waals surface area contributed by atoms with E-state index >= 15 is 0 Å². The van der Waals surface area contributed by atoms with Gasteiger partial charge < -0.3 is 0 Å². The summed E-state index contributed by atoms with van der Waals surface area (Å²) in [6, 6.07) is 0. The average Bonchev–Trinajstić information content (AvgIpc) is 1.64. The molecule has 0 saturated carbocycles. The van der Waals surface area contributed by atoms with Crippen molar-refractivity contribution in [2.75, 3.05) is 0 Å². The third-order valence-electron chi connectivity index (χ3n) is 0.871. The Morgan fingerprint density at radius 2 is 1.89 bits per heavy atom. The fourth-order valence-corrected chi connectivity index (χ4v) is 0.270. The number of imide groups is 1. The molecule has 0 aliphatic rings. The van der Waals surface area contributed by atoms with Gasteiger partial charge in [0.05, 0.1) is 0 Å². The van der Waals surface area contributed by atoms with Gasteiger partial charge >= 0.3 is 0 Å². The Hall–Kier alpha value is -0.860. The molecule has 0 aromatic rings. The SMILES string of the molecule is CC(C)(C)C(=O)NC=O. The van der Waals surface area contributed by atoms with Gasteiger partial charge in [-0.15, -0.1) is 0 Å². The normalized spacial score (nSPS) is 10.6. The van der Waals surface area contributed by atoms with E-state index in [-0.39, 0.29) is 5.91 Å². The first-order valence-corrected chi connectivity index (χ1v) is 2.73. The lowest BCUT2D eigenvalue weighted by molar-refractivity contribution is -0.131. The molecule has 3 nitrogen and oxygen atoms in total. The Bertz CT molecular complexity index is 124. The summed E-state index contributed by atoms with van der Waals surface area (Å²) in [5.74, 6) is -0.252. The second-order valence-corrected chi connectivity index (χ2v) is 2.84. The van der Waals surface area contributed by atoms with Crippen molar-refractivity contribution in [3.63, 3.8) is 0 Å². The molecule has 0 aliphatic carbocycles. The van der Waals surface area contributed by atoms with Crippen LogP contribution in [0.5, 0.6) is 0 Å². The molecule has 0 unspecified atom stereocenters. The van der Waals surface area contributed by atoms with Gasteiger partial charge in [-0.2, -0.15) is 0 Å². The molecule has 0 radical (unpaired) electrons. The van der Waals surface area contributed by atoms with Crippen molar-refractivity contribution in [2.45, 2.75) is 20.8 Å². The fourth-order valence-electron chi connectivity index (χ4n) is 0.270. The molecule has 0 aromatic carbocycles. The first-order valence-electron chi connectivity index (χ1n) is 2.73. The van der Waals surface area contributed by atoms with Gasteiger partial charge in [-0.3, -0.25) is 14.9 Å². The van der Waals surface area contributed by atoms with Crippen LogP contribution >= 0.6 is 0 Å². The topological polar surface area (TPSA) is 46.2 Å². The van der Waals surface area contributed by atoms with Crippen LogP contribution in [-0.4, -0.2) is 12.3 Å². The third kappa shape index (κ3) is 2.85. The van der Waals surface area contributed by atoms with Crippen LogP contribution in [0.2, 0.25) is 0 Å². The maximum atomic E-state index is 10.7. The number of hydrogen-bond acceptors (Lipinski definition) is 2. The Morgan fingerprint density at radius 3 is 2.00 bits per heavy atom. The molecule has 0 fully saturated rings. The first-order chi connectivity index (χ1) is 3.98. The lowest BCUT2D eigenvalue weighted by Gasteiger charge is -2.13. The summed E-state index contributed by atoms with van der Waals surface area (Å²) in [4.78, 5) is 20.5. The van der Waals surface area contributed by atoms with E-state index in [4.69, 9.17) is 0 Å². The summed E-state index contributed by atoms with van der Waals surface area (Å²) in [5.41, 5.74) is -0.471. The Morgan fingerprint density at radius 1 is 1.44 bits per heavy atom. The number of nitrogens with one attached hydrogen (secondary N) is 1. The van der Waals surface area contributed by atoms with Crippen molar-refractivity contribution >= 4 is 12.3 Å². The van der Waals surface area contributed by atoms with Crippen LogP contribution in [0.1, 0.15) is 20.8 Å². The van der Waals surface area contributed by atoms with Crippen LogP contribution in [0.15, 0.2) is 0 Å². The molecule has 0 atom stereocenters. The summed E-state index contributed by atoms with van der Waals surface area (Å²) in [6.45, 7) is 5.23. The monoisotopic (exact) mass is 129 g/mol. The van der Waals surface area contributed by atoms with E-state index in [0.717, 1.165) is 0 Å². The molecular formula is C6H11NO2. The Balaban J connectivity index is 3.88. The van der Waals surface area contributed by atoms with Crippen molar-refractivity contribution in [2.24, 2.45) is 5.41 Å². The summed E-state index contributed by atoms with van der Waals surface area (Å²) >= 11 is 0. The zero-order valence-electron chi connectivity index (χ0n) is 5.89. The van der Waals surface area contributed by atoms with Crippen LogP contribution in [-0.2, 0) is 9.59 Å². The summed E-state index contributed by atoms with van der Waals surface area (Å²) < 4.78 is 0. The fraction of sp³-hybridized carbons (Fsp3) is 0.667. The van der Waals surface area contributed by atoms with E-state index in [1.807, 2.05) is 0 Å². The molecule has 0 aromatic heterocycles. The molecule has 0 rings (SSSR count). The lowest BCUT2D eigenvalue weighted by Crippen LogP contribution is -2.33. The number of rotatable bonds is 1. The molecular weight excluding hydrogens is 118 g/mol. The van der Waals surface area contributed by atoms with Crippen molar-refractivity contribution in [3.05, 3.63) is 0 Å². The molecule has 0 aliphatic heterocycles. The Labute approximate surface area is 54.4 Å². The molecule has 3 heteroatoms. The van der Waals surface area contributed by atoms with Crippen LogP contribution in [0.25, 0.3) is 0 Å². The highest BCUT2D eigenvalue weighted by Crippen LogP contribution is 2.11. The van der Waals surface area contributed by atoms with Crippen LogP contribution < -0.4 is 5.32 Å². The second-order valence-electron chi connectivity index (χ2n) is 2.84. The lowest BCUT2D eigenvalue weighted by atomic mass is 9.96. The Kier molecular flexibility index (Phi) is 2.37. The minimum absolute atomic E-state index is 0.252. The van der Waals surface area contributed by atoms with Crippen LogP contribution in [0.3, 0.4) is 0 Å². The average molecular weight is 129 g/mol. The minimum Gasteiger partial charge on any atom is -0.299 e. The van der Waals surface area contributed by atoms with Crippen LogP contribution in [0, 0.1) is 5.41 Å². The molecule has 1 N–H and O–H groups in total. The quantitative estimate of drug-likeness (QED) is 0.518. The van der Waals surface area contributed by atoms with Gasteiger partial charge in [0, 0.05) is 5.41 Å². The van der Waals surface area contributed by atoms with E-state index in [1.165, 1.54) is 0 Å². The van der Waals surface area contributed by atoms with Crippen LogP contribution in [0.4, 0.5) is 0 Å². The van der Waals surface area contributed by atoms with Crippen molar-refractivity contribution in [3.8, 4) is 0 Å². The smallest absolute Gasteiger partial charge is 0.231 e. The van der Waals surface area contributed by atoms with Gasteiger partial charge in [-0.1, -0.05) is 20.8 Å². The first kappa shape index (κ1) is 8.14. The predicted octanol–water partition coefficient (Wildman–Crippen LogP) is 0.305. The molecule has 0 heterocycles. The zero-order valence-corrected chi connectivity index (χ0v) is 5.89. The highest BCUT2D eigenvalue weighted by molar-refractivity contribution is 5.89. The van der Waals surface area contributed by atoms with Gasteiger partial charge in [0.15, 0.2) is 0 Å². The van der Waals surface area contributed by atoms with E-state index in [9.17, 15) is 9.59 Å². The zero-order chi connectivity index (χ0) is 7.49. The molecule has 2 amide bonds. The number of amides is 2. The maximum Gasteiger partial charge on any atom is 0.231 e. The van der Waals surface area contributed by atoms with Gasteiger partial charge in [0.25, 0.3) is 0 Å². The van der Waals surface area contributed by atoms with Crippen molar-refractivity contribution in [1.29, 1.82) is 0 Å². The van der Waals surface area contributed by atoms with Gasteiger partial charge in [-0.05, 0) is 0 Å². The largest absolute Gasteiger partial charge is 0.299 e. The molecule has 0 spiro atoms. The molecule has 0 bridgehead atoms. The predicted molar refractivity (Wildman–Crippen MR) is 33.7 cm³/mol. The van der Waals surface area contributed by atoms with Crippen molar-refractivity contribution < 1.29 is 9.59 Å². The third-order valence-corrected chi connectivity index (χ3v) is 0.871. The summed E-state index contributed by atoms with van der Waals surface area (Å²) in [5, 5.41) is 2.07.